The summed E-state index contributed by atoms with van der Waals surface area (Å²) in [6.45, 7) is 9.95. The number of anilines is 2. The van der Waals surface area contributed by atoms with Gasteiger partial charge in [0.2, 0.25) is 0 Å². The average Bonchev–Trinajstić information content (AvgIpc) is 3.27. The van der Waals surface area contributed by atoms with E-state index in [0.717, 1.165) is 79.0 Å². The molecule has 2 aliphatic rings. The Bertz CT molecular complexity index is 1310. The first kappa shape index (κ1) is 25.5. The van der Waals surface area contributed by atoms with Crippen molar-refractivity contribution < 1.29 is 9.21 Å². The molecule has 36 heavy (non-hydrogen) atoms. The van der Waals surface area contributed by atoms with E-state index < -0.39 is 0 Å². The highest BCUT2D eigenvalue weighted by Crippen LogP contribution is 2.28. The first-order valence-electron chi connectivity index (χ1n) is 12.5. The third-order valence-corrected chi connectivity index (χ3v) is 6.38. The topological polar surface area (TPSA) is 105 Å². The molecule has 0 amide bonds. The Balaban J connectivity index is 0.000000290. The standard InChI is InChI=1S/C20H20N6O.C5H9NO.C2H6/c1-25-6-8-26(9-7-25)19-12-22-15-4-2-13(10-16(15)23-19)14-3-5-18-17(11-14)24-20(21)27-18;1-6-2-5(3-6)4-7;1-2/h2-5,10-12H,6-9H2,1H3,(H2,21,24);4-5H,2-3H2,1H3;1-2H3. The molecule has 190 valence electrons. The van der Waals surface area contributed by atoms with Crippen molar-refractivity contribution in [3.05, 3.63) is 42.6 Å². The van der Waals surface area contributed by atoms with Gasteiger partial charge in [0.25, 0.3) is 6.01 Å². The van der Waals surface area contributed by atoms with Gasteiger partial charge in [-0.15, -0.1) is 0 Å². The summed E-state index contributed by atoms with van der Waals surface area (Å²) >= 11 is 0. The zero-order valence-corrected chi connectivity index (χ0v) is 21.5. The van der Waals surface area contributed by atoms with Crippen molar-refractivity contribution in [1.82, 2.24) is 24.8 Å². The summed E-state index contributed by atoms with van der Waals surface area (Å²) in [5.74, 6) is 1.28. The highest BCUT2D eigenvalue weighted by atomic mass is 16.4. The van der Waals surface area contributed by atoms with E-state index in [1.54, 1.807) is 0 Å². The minimum absolute atomic E-state index is 0.184. The van der Waals surface area contributed by atoms with Crippen molar-refractivity contribution >= 4 is 40.3 Å². The van der Waals surface area contributed by atoms with E-state index in [9.17, 15) is 4.79 Å². The van der Waals surface area contributed by atoms with E-state index in [0.29, 0.717) is 11.5 Å². The Kier molecular flexibility index (Phi) is 8.12. The minimum atomic E-state index is 0.184. The van der Waals surface area contributed by atoms with Crippen LogP contribution >= 0.6 is 0 Å². The SMILES string of the molecule is CC.CN1CC(C=O)C1.CN1CCN(c2cnc3ccc(-c4ccc5oc(N)nc5c4)cc3n2)CC1. The number of rotatable bonds is 3. The van der Waals surface area contributed by atoms with Crippen molar-refractivity contribution in [1.29, 1.82) is 0 Å². The lowest BCUT2D eigenvalue weighted by molar-refractivity contribution is -0.115. The van der Waals surface area contributed by atoms with Crippen LogP contribution in [0.2, 0.25) is 0 Å². The lowest BCUT2D eigenvalue weighted by atomic mass is 10.0. The molecule has 9 nitrogen and oxygen atoms in total. The van der Waals surface area contributed by atoms with Gasteiger partial charge in [0.1, 0.15) is 17.6 Å². The highest BCUT2D eigenvalue weighted by molar-refractivity contribution is 5.86. The van der Waals surface area contributed by atoms with Gasteiger partial charge in [-0.3, -0.25) is 4.98 Å². The van der Waals surface area contributed by atoms with Gasteiger partial charge in [-0.25, -0.2) is 4.98 Å². The van der Waals surface area contributed by atoms with Crippen LogP contribution in [0, 0.1) is 5.92 Å². The molecule has 2 fully saturated rings. The van der Waals surface area contributed by atoms with Crippen LogP contribution in [0.1, 0.15) is 13.8 Å². The van der Waals surface area contributed by atoms with Crippen LogP contribution in [0.4, 0.5) is 11.8 Å². The van der Waals surface area contributed by atoms with Crippen molar-refractivity contribution in [3.63, 3.8) is 0 Å². The molecular formula is C27H35N7O2. The first-order chi connectivity index (χ1) is 17.5. The van der Waals surface area contributed by atoms with Crippen LogP contribution in [-0.2, 0) is 4.79 Å². The summed E-state index contributed by atoms with van der Waals surface area (Å²) in [6, 6.07) is 12.2. The van der Waals surface area contributed by atoms with Gasteiger partial charge < -0.3 is 29.6 Å². The predicted molar refractivity (Wildman–Crippen MR) is 145 cm³/mol. The maximum absolute atomic E-state index is 9.91. The Morgan fingerprint density at radius 2 is 1.56 bits per heavy atom. The molecule has 0 saturated carbocycles. The van der Waals surface area contributed by atoms with Crippen molar-refractivity contribution in [3.8, 4) is 11.1 Å². The van der Waals surface area contributed by atoms with Crippen LogP contribution in [0.5, 0.6) is 0 Å². The fourth-order valence-electron chi connectivity index (χ4n) is 4.33. The van der Waals surface area contributed by atoms with Crippen molar-refractivity contribution in [2.45, 2.75) is 13.8 Å². The number of nitrogens with zero attached hydrogens (tertiary/aromatic N) is 6. The Hall–Kier alpha value is -3.56. The maximum atomic E-state index is 9.91. The number of fused-ring (bicyclic) bond motifs is 2. The number of aldehydes is 1. The van der Waals surface area contributed by atoms with Gasteiger partial charge >= 0.3 is 0 Å². The van der Waals surface area contributed by atoms with Crippen LogP contribution in [-0.4, -0.2) is 84.4 Å². The number of carbonyl (C=O) groups is 1. The van der Waals surface area contributed by atoms with E-state index in [1.165, 1.54) is 0 Å². The first-order valence-corrected chi connectivity index (χ1v) is 12.5. The molecule has 2 saturated heterocycles. The second-order valence-electron chi connectivity index (χ2n) is 9.07. The lowest BCUT2D eigenvalue weighted by Gasteiger charge is -2.33. The van der Waals surface area contributed by atoms with E-state index in [1.807, 2.05) is 51.4 Å². The van der Waals surface area contributed by atoms with Crippen LogP contribution < -0.4 is 10.6 Å². The molecule has 2 aliphatic heterocycles. The smallest absolute Gasteiger partial charge is 0.292 e. The molecular weight excluding hydrogens is 454 g/mol. The van der Waals surface area contributed by atoms with Crippen LogP contribution in [0.15, 0.2) is 47.0 Å². The summed E-state index contributed by atoms with van der Waals surface area (Å²) in [5.41, 5.74) is 11.0. The lowest BCUT2D eigenvalue weighted by Crippen LogP contribution is -2.44. The number of piperazine rings is 1. The number of likely N-dealkylation sites (tertiary alicyclic amines) is 1. The summed E-state index contributed by atoms with van der Waals surface area (Å²) in [5, 5.41) is 0. The van der Waals surface area contributed by atoms with Crippen molar-refractivity contribution in [2.24, 2.45) is 5.92 Å². The largest absolute Gasteiger partial charge is 0.424 e. The Labute approximate surface area is 211 Å². The number of carbonyl (C=O) groups excluding carboxylic acids is 1. The Morgan fingerprint density at radius 3 is 2.19 bits per heavy atom. The number of likely N-dealkylation sites (N-methyl/N-ethyl adjacent to an activating group) is 1. The number of hydrogen-bond donors (Lipinski definition) is 1. The van der Waals surface area contributed by atoms with Gasteiger partial charge in [0.15, 0.2) is 5.58 Å². The summed E-state index contributed by atoms with van der Waals surface area (Å²) < 4.78 is 5.35. The molecule has 2 aromatic heterocycles. The third-order valence-electron chi connectivity index (χ3n) is 6.38. The van der Waals surface area contributed by atoms with Crippen molar-refractivity contribution in [2.75, 3.05) is 64.0 Å². The van der Waals surface area contributed by atoms with E-state index in [4.69, 9.17) is 15.1 Å². The molecule has 0 radical (unpaired) electrons. The van der Waals surface area contributed by atoms with E-state index in [-0.39, 0.29) is 6.01 Å². The number of aromatic nitrogens is 3. The fourth-order valence-corrected chi connectivity index (χ4v) is 4.33. The number of nitrogen functional groups attached to an aromatic ring is 1. The normalized spacial score (nSPS) is 16.6. The van der Waals surface area contributed by atoms with Gasteiger partial charge in [0.05, 0.1) is 17.2 Å². The average molecular weight is 490 g/mol. The van der Waals surface area contributed by atoms with Gasteiger partial charge in [-0.2, -0.15) is 4.98 Å². The molecule has 4 heterocycles. The highest BCUT2D eigenvalue weighted by Gasteiger charge is 2.21. The molecule has 0 bridgehead atoms. The van der Waals surface area contributed by atoms with Crippen LogP contribution in [0.25, 0.3) is 33.3 Å². The fraction of sp³-hybridized carbons (Fsp3) is 0.407. The maximum Gasteiger partial charge on any atom is 0.292 e. The summed E-state index contributed by atoms with van der Waals surface area (Å²) in [4.78, 5) is 30.3. The summed E-state index contributed by atoms with van der Waals surface area (Å²) in [7, 11) is 4.16. The molecule has 2 aromatic carbocycles. The zero-order chi connectivity index (χ0) is 25.7. The molecule has 6 rings (SSSR count). The molecule has 0 unspecified atom stereocenters. The number of nitrogens with two attached hydrogens (primary N) is 1. The summed E-state index contributed by atoms with van der Waals surface area (Å²) in [6.07, 6.45) is 2.90. The Morgan fingerprint density at radius 1 is 0.889 bits per heavy atom. The molecule has 0 aliphatic carbocycles. The third kappa shape index (κ3) is 5.80. The number of hydrogen-bond acceptors (Lipinski definition) is 9. The van der Waals surface area contributed by atoms with Gasteiger partial charge in [-0.05, 0) is 49.5 Å². The van der Waals surface area contributed by atoms with Gasteiger partial charge in [0, 0.05) is 45.2 Å². The van der Waals surface area contributed by atoms with Gasteiger partial charge in [-0.1, -0.05) is 26.0 Å². The predicted octanol–water partition coefficient (Wildman–Crippen LogP) is 3.55. The molecule has 0 atom stereocenters. The van der Waals surface area contributed by atoms with Crippen LogP contribution in [0.3, 0.4) is 0 Å². The minimum Gasteiger partial charge on any atom is -0.424 e. The number of oxazole rings is 1. The van der Waals surface area contributed by atoms with E-state index in [2.05, 4.69) is 43.8 Å². The quantitative estimate of drug-likeness (QED) is 0.433. The second-order valence-corrected chi connectivity index (χ2v) is 9.07. The number of benzene rings is 2. The second kappa shape index (κ2) is 11.5. The molecule has 4 aromatic rings. The van der Waals surface area contributed by atoms with E-state index >= 15 is 0 Å². The molecule has 2 N–H and O–H groups in total. The zero-order valence-electron chi connectivity index (χ0n) is 21.5. The molecule has 9 heteroatoms. The molecule has 0 spiro atoms. The monoisotopic (exact) mass is 489 g/mol.